The zero-order chi connectivity index (χ0) is 17.7. The molecule has 0 unspecified atom stereocenters. The van der Waals surface area contributed by atoms with Crippen molar-refractivity contribution in [1.29, 1.82) is 0 Å². The summed E-state index contributed by atoms with van der Waals surface area (Å²) in [6.45, 7) is 6.02. The van der Waals surface area contributed by atoms with Gasteiger partial charge < -0.3 is 0 Å². The van der Waals surface area contributed by atoms with Crippen LogP contribution in [0.2, 0.25) is 0 Å². The van der Waals surface area contributed by atoms with E-state index in [1.165, 1.54) is 21.3 Å². The van der Waals surface area contributed by atoms with Crippen molar-refractivity contribution in [1.82, 2.24) is 9.55 Å². The molecular formula is C20H20N2O2S. The second-order valence-corrected chi connectivity index (χ2v) is 7.97. The Hall–Kier alpha value is -2.27. The molecular weight excluding hydrogens is 332 g/mol. The van der Waals surface area contributed by atoms with Crippen LogP contribution < -0.4 is 5.56 Å². The van der Waals surface area contributed by atoms with Crippen molar-refractivity contribution < 1.29 is 4.79 Å². The van der Waals surface area contributed by atoms with E-state index < -0.39 is 0 Å². The number of hydrogen-bond acceptors (Lipinski definition) is 4. The Kier molecular flexibility index (Phi) is 3.84. The van der Waals surface area contributed by atoms with E-state index in [0.717, 1.165) is 46.2 Å². The smallest absolute Gasteiger partial charge is 0.262 e. The quantitative estimate of drug-likeness (QED) is 0.675. The fourth-order valence-corrected chi connectivity index (χ4v) is 4.85. The number of nitrogens with zero attached hydrogens (tertiary/aromatic N) is 2. The Balaban J connectivity index is 1.74. The lowest BCUT2D eigenvalue weighted by atomic mass is 9.98. The summed E-state index contributed by atoms with van der Waals surface area (Å²) in [6, 6.07) is 3.95. The molecule has 0 bridgehead atoms. The molecule has 3 aromatic rings. The third-order valence-corrected chi connectivity index (χ3v) is 6.35. The number of Topliss-reactive ketones (excluding diaryl/α,β-unsaturated/α-hetero) is 1. The fraction of sp³-hybridized carbons (Fsp3) is 0.350. The van der Waals surface area contributed by atoms with Crippen molar-refractivity contribution >= 4 is 27.3 Å². The molecule has 0 aliphatic heterocycles. The van der Waals surface area contributed by atoms with Gasteiger partial charge in [0, 0.05) is 10.4 Å². The van der Waals surface area contributed by atoms with Crippen LogP contribution >= 0.6 is 11.3 Å². The number of aromatic nitrogens is 2. The topological polar surface area (TPSA) is 52.0 Å². The predicted octanol–water partition coefficient (Wildman–Crippen LogP) is 3.75. The normalized spacial score (nSPS) is 13.4. The lowest BCUT2D eigenvalue weighted by molar-refractivity contribution is 0.0970. The molecule has 0 N–H and O–H groups in total. The molecule has 0 spiro atoms. The Bertz CT molecular complexity index is 1080. The highest BCUT2D eigenvalue weighted by molar-refractivity contribution is 7.18. The molecule has 0 radical (unpaired) electrons. The number of benzene rings is 1. The van der Waals surface area contributed by atoms with Crippen LogP contribution in [-0.4, -0.2) is 15.3 Å². The van der Waals surface area contributed by atoms with Crippen LogP contribution in [0.5, 0.6) is 0 Å². The van der Waals surface area contributed by atoms with Gasteiger partial charge in [-0.1, -0.05) is 6.07 Å². The van der Waals surface area contributed by atoms with Crippen LogP contribution in [0.3, 0.4) is 0 Å². The number of carbonyl (C=O) groups is 1. The van der Waals surface area contributed by atoms with Gasteiger partial charge in [-0.3, -0.25) is 14.2 Å². The molecule has 0 atom stereocenters. The van der Waals surface area contributed by atoms with Crippen LogP contribution in [0.1, 0.15) is 43.9 Å². The number of thiophene rings is 1. The Morgan fingerprint density at radius 1 is 1.16 bits per heavy atom. The van der Waals surface area contributed by atoms with Gasteiger partial charge in [-0.2, -0.15) is 0 Å². The van der Waals surface area contributed by atoms with Crippen LogP contribution in [0.4, 0.5) is 0 Å². The van der Waals surface area contributed by atoms with E-state index in [4.69, 9.17) is 0 Å². The lowest BCUT2D eigenvalue weighted by Crippen LogP contribution is -2.25. The number of carbonyl (C=O) groups excluding carboxylic acids is 1. The standard InChI is InChI=1S/C20H20N2O2S/c1-11-7-13(3)15(8-12(11)2)16(23)9-22-10-21-19-18(20(22)24)14-5-4-6-17(14)25-19/h7-8,10H,4-6,9H2,1-3H3. The minimum Gasteiger partial charge on any atom is -0.292 e. The first-order valence-electron chi connectivity index (χ1n) is 8.56. The van der Waals surface area contributed by atoms with Gasteiger partial charge in [-0.05, 0) is 68.4 Å². The molecule has 1 aromatic carbocycles. The summed E-state index contributed by atoms with van der Waals surface area (Å²) in [5.74, 6) is -0.0456. The highest BCUT2D eigenvalue weighted by Gasteiger charge is 2.22. The van der Waals surface area contributed by atoms with Crippen LogP contribution in [0.15, 0.2) is 23.3 Å². The molecule has 0 amide bonds. The maximum Gasteiger partial charge on any atom is 0.262 e. The third kappa shape index (κ3) is 2.63. The third-order valence-electron chi connectivity index (χ3n) is 5.15. The average Bonchev–Trinajstić information content (AvgIpc) is 3.14. The first kappa shape index (κ1) is 16.2. The maximum atomic E-state index is 12.9. The first-order valence-corrected chi connectivity index (χ1v) is 9.38. The van der Waals surface area contributed by atoms with E-state index in [1.54, 1.807) is 11.3 Å². The number of fused-ring (bicyclic) bond motifs is 3. The molecule has 1 aliphatic rings. The van der Waals surface area contributed by atoms with Crippen LogP contribution in [0, 0.1) is 20.8 Å². The number of ketones is 1. The largest absolute Gasteiger partial charge is 0.292 e. The Morgan fingerprint density at radius 3 is 2.72 bits per heavy atom. The van der Waals surface area contributed by atoms with Gasteiger partial charge >= 0.3 is 0 Å². The lowest BCUT2D eigenvalue weighted by Gasteiger charge is -2.10. The fourth-order valence-electron chi connectivity index (χ4n) is 3.63. The van der Waals surface area contributed by atoms with Crippen molar-refractivity contribution in [3.05, 3.63) is 61.5 Å². The zero-order valence-electron chi connectivity index (χ0n) is 14.7. The molecule has 4 rings (SSSR count). The summed E-state index contributed by atoms with van der Waals surface area (Å²) in [4.78, 5) is 32.2. The van der Waals surface area contributed by atoms with Gasteiger partial charge in [0.15, 0.2) is 5.78 Å². The summed E-state index contributed by atoms with van der Waals surface area (Å²) >= 11 is 1.62. The maximum absolute atomic E-state index is 12.9. The van der Waals surface area contributed by atoms with Crippen molar-refractivity contribution in [2.75, 3.05) is 0 Å². The number of hydrogen-bond donors (Lipinski definition) is 0. The Labute approximate surface area is 150 Å². The molecule has 1 aliphatic carbocycles. The highest BCUT2D eigenvalue weighted by Crippen LogP contribution is 2.34. The van der Waals surface area contributed by atoms with Gasteiger partial charge in [-0.15, -0.1) is 11.3 Å². The van der Waals surface area contributed by atoms with Crippen molar-refractivity contribution in [3.63, 3.8) is 0 Å². The summed E-state index contributed by atoms with van der Waals surface area (Å²) in [5.41, 5.74) is 4.96. The molecule has 0 fully saturated rings. The van der Waals surface area contributed by atoms with E-state index in [-0.39, 0.29) is 17.9 Å². The molecule has 4 nitrogen and oxygen atoms in total. The van der Waals surface area contributed by atoms with E-state index in [2.05, 4.69) is 4.98 Å². The summed E-state index contributed by atoms with van der Waals surface area (Å²) in [7, 11) is 0. The SMILES string of the molecule is Cc1cc(C)c(C(=O)Cn2cnc3sc4c(c3c2=O)CCC4)cc1C. The first-order chi connectivity index (χ1) is 12.0. The van der Waals surface area contributed by atoms with Gasteiger partial charge in [-0.25, -0.2) is 4.98 Å². The molecule has 25 heavy (non-hydrogen) atoms. The molecule has 2 aromatic heterocycles. The van der Waals surface area contributed by atoms with Crippen molar-refractivity contribution in [2.24, 2.45) is 0 Å². The van der Waals surface area contributed by atoms with Crippen molar-refractivity contribution in [2.45, 2.75) is 46.6 Å². The molecule has 128 valence electrons. The molecule has 0 saturated carbocycles. The van der Waals surface area contributed by atoms with Gasteiger partial charge in [0.1, 0.15) is 4.83 Å². The number of aryl methyl sites for hydroxylation is 5. The molecule has 5 heteroatoms. The average molecular weight is 352 g/mol. The zero-order valence-corrected chi connectivity index (χ0v) is 15.5. The van der Waals surface area contributed by atoms with E-state index >= 15 is 0 Å². The summed E-state index contributed by atoms with van der Waals surface area (Å²) in [5, 5.41) is 0.726. The van der Waals surface area contributed by atoms with Gasteiger partial charge in [0.25, 0.3) is 5.56 Å². The minimum absolute atomic E-state index is 0.0374. The Morgan fingerprint density at radius 2 is 1.92 bits per heavy atom. The monoisotopic (exact) mass is 352 g/mol. The molecule has 2 heterocycles. The van der Waals surface area contributed by atoms with Crippen LogP contribution in [-0.2, 0) is 19.4 Å². The summed E-state index contributed by atoms with van der Waals surface area (Å²) in [6.07, 6.45) is 4.61. The van der Waals surface area contributed by atoms with Crippen molar-refractivity contribution in [3.8, 4) is 0 Å². The number of rotatable bonds is 3. The van der Waals surface area contributed by atoms with Gasteiger partial charge in [0.2, 0.25) is 0 Å². The predicted molar refractivity (Wildman–Crippen MR) is 101 cm³/mol. The second-order valence-electron chi connectivity index (χ2n) is 6.89. The van der Waals surface area contributed by atoms with E-state index in [1.807, 2.05) is 32.9 Å². The summed E-state index contributed by atoms with van der Waals surface area (Å²) < 4.78 is 1.46. The van der Waals surface area contributed by atoms with E-state index in [0.29, 0.717) is 5.56 Å². The van der Waals surface area contributed by atoms with Gasteiger partial charge in [0.05, 0.1) is 18.3 Å². The second kappa shape index (κ2) is 5.92. The van der Waals surface area contributed by atoms with E-state index in [9.17, 15) is 9.59 Å². The highest BCUT2D eigenvalue weighted by atomic mass is 32.1. The molecule has 0 saturated heterocycles. The minimum atomic E-state index is -0.0840. The van der Waals surface area contributed by atoms with Crippen LogP contribution in [0.25, 0.3) is 10.2 Å².